The molecule has 3 nitrogen and oxygen atoms in total. The highest BCUT2D eigenvalue weighted by atomic mass is 35.5. The third-order valence-corrected chi connectivity index (χ3v) is 4.62. The van der Waals surface area contributed by atoms with E-state index in [9.17, 15) is 4.79 Å². The van der Waals surface area contributed by atoms with Crippen molar-refractivity contribution in [2.24, 2.45) is 5.92 Å². The Labute approximate surface area is 145 Å². The first-order valence-electron chi connectivity index (χ1n) is 7.46. The van der Waals surface area contributed by atoms with Gasteiger partial charge in [0.15, 0.2) is 0 Å². The maximum absolute atomic E-state index is 11.8. The lowest BCUT2D eigenvalue weighted by Gasteiger charge is -2.08. The minimum atomic E-state index is -0.876. The van der Waals surface area contributed by atoms with Crippen molar-refractivity contribution in [3.63, 3.8) is 0 Å². The van der Waals surface area contributed by atoms with Gasteiger partial charge in [-0.05, 0) is 29.7 Å². The minimum Gasteiger partial charge on any atom is -0.489 e. The molecule has 2 aromatic rings. The third-order valence-electron chi connectivity index (χ3n) is 3.78. The molecule has 1 aliphatic rings. The van der Waals surface area contributed by atoms with E-state index in [2.05, 4.69) is 5.32 Å². The number of amides is 1. The molecule has 1 fully saturated rings. The highest BCUT2D eigenvalue weighted by molar-refractivity contribution is 6.52. The van der Waals surface area contributed by atoms with Crippen LogP contribution in [-0.2, 0) is 17.9 Å². The number of rotatable bonds is 6. The summed E-state index contributed by atoms with van der Waals surface area (Å²) in [5.41, 5.74) is 2.12. The Bertz CT molecular complexity index is 671. The summed E-state index contributed by atoms with van der Waals surface area (Å²) in [7, 11) is 0. The van der Waals surface area contributed by atoms with Crippen molar-refractivity contribution in [2.45, 2.75) is 23.9 Å². The van der Waals surface area contributed by atoms with Crippen molar-refractivity contribution in [2.75, 3.05) is 0 Å². The fourth-order valence-electron chi connectivity index (χ4n) is 2.25. The first-order chi connectivity index (χ1) is 11.0. The van der Waals surface area contributed by atoms with Gasteiger partial charge in [0.2, 0.25) is 5.91 Å². The molecule has 0 spiro atoms. The number of carbonyl (C=O) groups excluding carboxylic acids is 1. The van der Waals surface area contributed by atoms with E-state index >= 15 is 0 Å². The summed E-state index contributed by atoms with van der Waals surface area (Å²) < 4.78 is 4.85. The van der Waals surface area contributed by atoms with Crippen molar-refractivity contribution >= 4 is 29.1 Å². The second kappa shape index (κ2) is 6.81. The van der Waals surface area contributed by atoms with Crippen LogP contribution in [0.5, 0.6) is 5.75 Å². The van der Waals surface area contributed by atoms with Crippen LogP contribution in [0.4, 0.5) is 0 Å². The van der Waals surface area contributed by atoms with Crippen LogP contribution in [0.3, 0.4) is 0 Å². The van der Waals surface area contributed by atoms with Gasteiger partial charge in [-0.15, -0.1) is 23.2 Å². The minimum absolute atomic E-state index is 0.0978. The molecule has 23 heavy (non-hydrogen) atoms. The predicted molar refractivity (Wildman–Crippen MR) is 91.6 cm³/mol. The van der Waals surface area contributed by atoms with Gasteiger partial charge in [0.05, 0.1) is 5.92 Å². The highest BCUT2D eigenvalue weighted by Crippen LogP contribution is 2.53. The van der Waals surface area contributed by atoms with Crippen LogP contribution in [0.15, 0.2) is 54.6 Å². The maximum Gasteiger partial charge on any atom is 0.226 e. The second-order valence-electron chi connectivity index (χ2n) is 5.65. The van der Waals surface area contributed by atoms with E-state index in [0.29, 0.717) is 19.6 Å². The third kappa shape index (κ3) is 4.40. The van der Waals surface area contributed by atoms with Crippen LogP contribution < -0.4 is 10.1 Å². The normalized spacial score (nSPS) is 18.3. The molecule has 120 valence electrons. The molecule has 1 aliphatic carbocycles. The van der Waals surface area contributed by atoms with Crippen LogP contribution in [0.25, 0.3) is 0 Å². The summed E-state index contributed by atoms with van der Waals surface area (Å²) in [6.07, 6.45) is 0.522. The molecular formula is C18H17Cl2NO2. The zero-order chi connectivity index (χ0) is 16.3. The predicted octanol–water partition coefficient (Wildman–Crippen LogP) is 4.08. The quantitative estimate of drug-likeness (QED) is 0.798. The van der Waals surface area contributed by atoms with Crippen LogP contribution in [0.2, 0.25) is 0 Å². The Hall–Kier alpha value is -1.71. The van der Waals surface area contributed by atoms with E-state index in [1.54, 1.807) is 0 Å². The number of benzene rings is 2. The number of nitrogens with one attached hydrogen (secondary N) is 1. The summed E-state index contributed by atoms with van der Waals surface area (Å²) >= 11 is 11.8. The zero-order valence-corrected chi connectivity index (χ0v) is 14.0. The number of hydrogen-bond donors (Lipinski definition) is 1. The number of halogens is 2. The van der Waals surface area contributed by atoms with E-state index in [-0.39, 0.29) is 11.8 Å². The van der Waals surface area contributed by atoms with E-state index in [1.165, 1.54) is 0 Å². The number of hydrogen-bond acceptors (Lipinski definition) is 2. The molecule has 0 radical (unpaired) electrons. The standard InChI is InChI=1S/C18H17Cl2NO2/c19-18(20)10-16(18)17(22)21-11-13-6-8-15(9-7-13)23-12-14-4-2-1-3-5-14/h1-9,16H,10-12H2,(H,21,22). The largest absolute Gasteiger partial charge is 0.489 e. The molecule has 0 aliphatic heterocycles. The van der Waals surface area contributed by atoms with E-state index in [0.717, 1.165) is 16.9 Å². The molecule has 0 bridgehead atoms. The van der Waals surface area contributed by atoms with Gasteiger partial charge in [-0.3, -0.25) is 4.79 Å². The van der Waals surface area contributed by atoms with Crippen LogP contribution in [-0.4, -0.2) is 10.2 Å². The summed E-state index contributed by atoms with van der Waals surface area (Å²) in [4.78, 5) is 11.8. The van der Waals surface area contributed by atoms with Crippen LogP contribution >= 0.6 is 23.2 Å². The van der Waals surface area contributed by atoms with Crippen LogP contribution in [0.1, 0.15) is 17.5 Å². The Morgan fingerprint density at radius 1 is 1.09 bits per heavy atom. The number of alkyl halides is 2. The lowest BCUT2D eigenvalue weighted by molar-refractivity contribution is -0.122. The van der Waals surface area contributed by atoms with Gasteiger partial charge in [0, 0.05) is 6.54 Å². The lowest BCUT2D eigenvalue weighted by atomic mass is 10.2. The first-order valence-corrected chi connectivity index (χ1v) is 8.21. The molecule has 0 saturated heterocycles. The molecule has 1 atom stereocenters. The average molecular weight is 350 g/mol. The van der Waals surface area contributed by atoms with Gasteiger partial charge in [0.25, 0.3) is 0 Å². The summed E-state index contributed by atoms with van der Waals surface area (Å²) in [5, 5.41) is 2.85. The van der Waals surface area contributed by atoms with E-state index in [4.69, 9.17) is 27.9 Å². The SMILES string of the molecule is O=C(NCc1ccc(OCc2ccccc2)cc1)C1CC1(Cl)Cl. The van der Waals surface area contributed by atoms with Gasteiger partial charge in [-0.2, -0.15) is 0 Å². The average Bonchev–Trinajstić information content (AvgIpc) is 3.21. The smallest absolute Gasteiger partial charge is 0.226 e. The summed E-state index contributed by atoms with van der Waals surface area (Å²) in [5.74, 6) is 0.408. The second-order valence-corrected chi connectivity index (χ2v) is 7.20. The topological polar surface area (TPSA) is 38.3 Å². The van der Waals surface area contributed by atoms with Gasteiger partial charge < -0.3 is 10.1 Å². The van der Waals surface area contributed by atoms with Crippen molar-refractivity contribution in [1.29, 1.82) is 0 Å². The Kier molecular flexibility index (Phi) is 4.79. The molecule has 3 rings (SSSR count). The summed E-state index contributed by atoms with van der Waals surface area (Å²) in [6, 6.07) is 17.7. The lowest BCUT2D eigenvalue weighted by Crippen LogP contribution is -2.26. The van der Waals surface area contributed by atoms with Crippen molar-refractivity contribution < 1.29 is 9.53 Å². The highest BCUT2D eigenvalue weighted by Gasteiger charge is 2.56. The number of ether oxygens (including phenoxy) is 1. The first kappa shape index (κ1) is 16.2. The van der Waals surface area contributed by atoms with Gasteiger partial charge in [0.1, 0.15) is 16.7 Å². The molecular weight excluding hydrogens is 333 g/mol. The Balaban J connectivity index is 1.46. The monoisotopic (exact) mass is 349 g/mol. The van der Waals surface area contributed by atoms with Gasteiger partial charge >= 0.3 is 0 Å². The molecule has 1 amide bonds. The molecule has 1 unspecified atom stereocenters. The van der Waals surface area contributed by atoms with Crippen molar-refractivity contribution in [3.8, 4) is 5.75 Å². The molecule has 2 aromatic carbocycles. The molecule has 1 N–H and O–H groups in total. The fraction of sp³-hybridized carbons (Fsp3) is 0.278. The maximum atomic E-state index is 11.8. The van der Waals surface area contributed by atoms with Gasteiger partial charge in [-0.25, -0.2) is 0 Å². The Morgan fingerprint density at radius 3 is 2.35 bits per heavy atom. The molecule has 5 heteroatoms. The Morgan fingerprint density at radius 2 is 1.74 bits per heavy atom. The summed E-state index contributed by atoms with van der Waals surface area (Å²) in [6.45, 7) is 0.990. The fourth-order valence-corrected chi connectivity index (χ4v) is 2.76. The molecule has 0 heterocycles. The number of carbonyl (C=O) groups is 1. The molecule has 0 aromatic heterocycles. The zero-order valence-electron chi connectivity index (χ0n) is 12.5. The van der Waals surface area contributed by atoms with Crippen molar-refractivity contribution in [3.05, 3.63) is 65.7 Å². The van der Waals surface area contributed by atoms with E-state index < -0.39 is 4.33 Å². The van der Waals surface area contributed by atoms with Crippen molar-refractivity contribution in [1.82, 2.24) is 5.32 Å². The van der Waals surface area contributed by atoms with E-state index in [1.807, 2.05) is 54.6 Å². The van der Waals surface area contributed by atoms with Gasteiger partial charge in [-0.1, -0.05) is 42.5 Å². The van der Waals surface area contributed by atoms with Crippen LogP contribution in [0, 0.1) is 5.92 Å². The molecule has 1 saturated carbocycles.